The van der Waals surface area contributed by atoms with Crippen molar-refractivity contribution < 1.29 is 28.8 Å². The quantitative estimate of drug-likeness (QED) is 0.247. The van der Waals surface area contributed by atoms with Gasteiger partial charge in [0.2, 0.25) is 0 Å². The van der Waals surface area contributed by atoms with Crippen LogP contribution in [0.2, 0.25) is 0 Å². The number of nitro benzene ring substituents is 1. The number of carbonyl (C=O) groups is 3. The van der Waals surface area contributed by atoms with Gasteiger partial charge < -0.3 is 14.8 Å². The summed E-state index contributed by atoms with van der Waals surface area (Å²) in [6, 6.07) is 17.7. The van der Waals surface area contributed by atoms with Crippen molar-refractivity contribution in [1.82, 2.24) is 0 Å². The van der Waals surface area contributed by atoms with Crippen LogP contribution in [0.1, 0.15) is 31.1 Å². The molecule has 0 unspecified atom stereocenters. The number of para-hydroxylation sites is 1. The number of esters is 1. The van der Waals surface area contributed by atoms with Crippen LogP contribution in [0.15, 0.2) is 72.8 Å². The number of Topliss-reactive ketones (excluding diaryl/α,β-unsaturated/α-hetero) is 1. The van der Waals surface area contributed by atoms with Gasteiger partial charge in [0.05, 0.1) is 23.3 Å². The second-order valence-electron chi connectivity index (χ2n) is 6.53. The summed E-state index contributed by atoms with van der Waals surface area (Å²) in [5, 5.41) is 13.4. The highest BCUT2D eigenvalue weighted by Crippen LogP contribution is 2.19. The lowest BCUT2D eigenvalue weighted by molar-refractivity contribution is -0.384. The molecule has 162 valence electrons. The van der Waals surface area contributed by atoms with Gasteiger partial charge in [0.25, 0.3) is 11.6 Å². The fourth-order valence-electron chi connectivity index (χ4n) is 2.79. The van der Waals surface area contributed by atoms with Crippen molar-refractivity contribution in [2.75, 3.05) is 19.0 Å². The molecule has 0 saturated heterocycles. The fraction of sp³-hybridized carbons (Fsp3) is 0.0870. The van der Waals surface area contributed by atoms with Crippen LogP contribution in [0, 0.1) is 10.1 Å². The van der Waals surface area contributed by atoms with Crippen molar-refractivity contribution in [1.29, 1.82) is 0 Å². The first-order valence-corrected chi connectivity index (χ1v) is 9.38. The smallest absolute Gasteiger partial charge is 0.340 e. The van der Waals surface area contributed by atoms with Gasteiger partial charge in [-0.2, -0.15) is 0 Å². The minimum Gasteiger partial charge on any atom is -0.497 e. The number of methoxy groups -OCH3 is 1. The van der Waals surface area contributed by atoms with Gasteiger partial charge in [-0.3, -0.25) is 19.7 Å². The predicted molar refractivity (Wildman–Crippen MR) is 115 cm³/mol. The average Bonchev–Trinajstić information content (AvgIpc) is 2.82. The van der Waals surface area contributed by atoms with Gasteiger partial charge >= 0.3 is 5.97 Å². The van der Waals surface area contributed by atoms with Crippen molar-refractivity contribution in [3.63, 3.8) is 0 Å². The molecule has 0 aliphatic rings. The molecule has 0 aromatic heterocycles. The normalized spacial score (nSPS) is 10.2. The third-order valence-electron chi connectivity index (χ3n) is 4.46. The Morgan fingerprint density at radius 2 is 1.66 bits per heavy atom. The van der Waals surface area contributed by atoms with E-state index < -0.39 is 29.2 Å². The van der Waals surface area contributed by atoms with Crippen LogP contribution in [0.3, 0.4) is 0 Å². The third-order valence-corrected chi connectivity index (χ3v) is 4.46. The van der Waals surface area contributed by atoms with Gasteiger partial charge in [-0.05, 0) is 42.5 Å². The number of benzene rings is 3. The number of rotatable bonds is 8. The molecule has 3 rings (SSSR count). The van der Waals surface area contributed by atoms with Crippen molar-refractivity contribution in [2.45, 2.75) is 0 Å². The number of carbonyl (C=O) groups excluding carboxylic acids is 3. The van der Waals surface area contributed by atoms with Crippen molar-refractivity contribution in [2.24, 2.45) is 0 Å². The minimum atomic E-state index is -0.804. The number of ether oxygens (including phenoxy) is 2. The molecule has 9 heteroatoms. The molecule has 0 aliphatic carbocycles. The summed E-state index contributed by atoms with van der Waals surface area (Å²) in [6.07, 6.45) is 0. The number of nitrogens with one attached hydrogen (secondary N) is 1. The zero-order chi connectivity index (χ0) is 23.1. The van der Waals surface area contributed by atoms with E-state index in [2.05, 4.69) is 5.32 Å². The molecule has 0 aliphatic heterocycles. The molecule has 1 N–H and O–H groups in total. The highest BCUT2D eigenvalue weighted by molar-refractivity contribution is 6.08. The summed E-state index contributed by atoms with van der Waals surface area (Å²) in [6.45, 7) is -0.561. The zero-order valence-electron chi connectivity index (χ0n) is 16.9. The van der Waals surface area contributed by atoms with Crippen LogP contribution in [0.25, 0.3) is 0 Å². The average molecular weight is 434 g/mol. The molecular weight excluding hydrogens is 416 g/mol. The Bertz CT molecular complexity index is 1170. The molecule has 3 aromatic carbocycles. The predicted octanol–water partition coefficient (Wildman–Crippen LogP) is 3.90. The number of anilines is 1. The standard InChI is InChI=1S/C23H18N2O7/c1-31-18-6-4-5-16(13-18)22(27)24-20-8-3-2-7-19(20)23(28)32-14-21(26)15-9-11-17(12-10-15)25(29)30/h2-13H,14H2,1H3,(H,24,27). The van der Waals surface area contributed by atoms with E-state index in [0.717, 1.165) is 0 Å². The van der Waals surface area contributed by atoms with Gasteiger partial charge in [-0.25, -0.2) is 4.79 Å². The molecule has 9 nitrogen and oxygen atoms in total. The van der Waals surface area contributed by atoms with Crippen molar-refractivity contribution in [3.8, 4) is 5.75 Å². The van der Waals surface area contributed by atoms with E-state index >= 15 is 0 Å². The summed E-state index contributed by atoms with van der Waals surface area (Å²) in [4.78, 5) is 47.5. The lowest BCUT2D eigenvalue weighted by Crippen LogP contribution is -2.18. The van der Waals surface area contributed by atoms with Gasteiger partial charge in [0.15, 0.2) is 12.4 Å². The maximum absolute atomic E-state index is 12.6. The Morgan fingerprint density at radius 3 is 2.34 bits per heavy atom. The fourth-order valence-corrected chi connectivity index (χ4v) is 2.79. The molecule has 0 radical (unpaired) electrons. The topological polar surface area (TPSA) is 125 Å². The first-order valence-electron chi connectivity index (χ1n) is 9.38. The highest BCUT2D eigenvalue weighted by Gasteiger charge is 2.18. The minimum absolute atomic E-state index is 0.0697. The second-order valence-corrected chi connectivity index (χ2v) is 6.53. The number of hydrogen-bond acceptors (Lipinski definition) is 7. The maximum atomic E-state index is 12.6. The van der Waals surface area contributed by atoms with Crippen LogP contribution >= 0.6 is 0 Å². The maximum Gasteiger partial charge on any atom is 0.340 e. The largest absolute Gasteiger partial charge is 0.497 e. The molecule has 0 saturated carbocycles. The molecule has 32 heavy (non-hydrogen) atoms. The van der Waals surface area contributed by atoms with Crippen LogP contribution in [-0.4, -0.2) is 36.3 Å². The third kappa shape index (κ3) is 5.33. The Morgan fingerprint density at radius 1 is 0.938 bits per heavy atom. The summed E-state index contributed by atoms with van der Waals surface area (Å²) in [5.41, 5.74) is 0.636. The summed E-state index contributed by atoms with van der Waals surface area (Å²) >= 11 is 0. The molecule has 0 heterocycles. The molecule has 3 aromatic rings. The summed E-state index contributed by atoms with van der Waals surface area (Å²) in [7, 11) is 1.49. The van der Waals surface area contributed by atoms with Gasteiger partial charge in [0.1, 0.15) is 5.75 Å². The lowest BCUT2D eigenvalue weighted by Gasteiger charge is -2.11. The molecule has 1 amide bonds. The monoisotopic (exact) mass is 434 g/mol. The van der Waals surface area contributed by atoms with Crippen molar-refractivity contribution in [3.05, 3.63) is 99.6 Å². The number of non-ortho nitro benzene ring substituents is 1. The van der Waals surface area contributed by atoms with Gasteiger partial charge in [0, 0.05) is 23.3 Å². The van der Waals surface area contributed by atoms with E-state index in [4.69, 9.17) is 9.47 Å². The van der Waals surface area contributed by atoms with Gasteiger partial charge in [-0.1, -0.05) is 18.2 Å². The van der Waals surface area contributed by atoms with Gasteiger partial charge in [-0.15, -0.1) is 0 Å². The number of nitro groups is 1. The number of hydrogen-bond donors (Lipinski definition) is 1. The van der Waals surface area contributed by atoms with E-state index in [-0.39, 0.29) is 22.5 Å². The van der Waals surface area contributed by atoms with Crippen molar-refractivity contribution >= 4 is 29.0 Å². The zero-order valence-corrected chi connectivity index (χ0v) is 16.9. The Kier molecular flexibility index (Phi) is 6.92. The summed E-state index contributed by atoms with van der Waals surface area (Å²) in [5.74, 6) is -1.27. The van der Waals surface area contributed by atoms with E-state index in [1.54, 1.807) is 36.4 Å². The summed E-state index contributed by atoms with van der Waals surface area (Å²) < 4.78 is 10.2. The first kappa shape index (κ1) is 22.2. The molecule has 0 atom stereocenters. The van der Waals surface area contributed by atoms with E-state index in [1.165, 1.54) is 43.5 Å². The first-order chi connectivity index (χ1) is 15.4. The number of amides is 1. The van der Waals surface area contributed by atoms with E-state index in [0.29, 0.717) is 11.3 Å². The molecule has 0 bridgehead atoms. The van der Waals surface area contributed by atoms with Crippen LogP contribution < -0.4 is 10.1 Å². The molecule has 0 spiro atoms. The van der Waals surface area contributed by atoms with Crippen LogP contribution in [0.5, 0.6) is 5.75 Å². The Hall–Kier alpha value is -4.53. The van der Waals surface area contributed by atoms with Crippen LogP contribution in [-0.2, 0) is 4.74 Å². The Balaban J connectivity index is 1.67. The number of ketones is 1. The Labute approximate surface area is 182 Å². The van der Waals surface area contributed by atoms with Crippen LogP contribution in [0.4, 0.5) is 11.4 Å². The molecular formula is C23H18N2O7. The molecule has 0 fully saturated rings. The second kappa shape index (κ2) is 9.98. The number of nitrogens with zero attached hydrogens (tertiary/aromatic N) is 1. The highest BCUT2D eigenvalue weighted by atomic mass is 16.6. The SMILES string of the molecule is COc1cccc(C(=O)Nc2ccccc2C(=O)OCC(=O)c2ccc([N+](=O)[O-])cc2)c1. The lowest BCUT2D eigenvalue weighted by atomic mass is 10.1. The van der Waals surface area contributed by atoms with E-state index in [9.17, 15) is 24.5 Å². The van der Waals surface area contributed by atoms with E-state index in [1.807, 2.05) is 0 Å².